The lowest BCUT2D eigenvalue weighted by atomic mass is 9.97. The van der Waals surface area contributed by atoms with Gasteiger partial charge in [-0.25, -0.2) is 9.29 Å². The summed E-state index contributed by atoms with van der Waals surface area (Å²) >= 11 is 0. The van der Waals surface area contributed by atoms with Gasteiger partial charge in [-0.1, -0.05) is 66.2 Å². The summed E-state index contributed by atoms with van der Waals surface area (Å²) in [6.45, 7) is 3.12. The van der Waals surface area contributed by atoms with E-state index in [1.807, 2.05) is 54.3 Å². The third-order valence-corrected chi connectivity index (χ3v) is 5.94. The van der Waals surface area contributed by atoms with Crippen LogP contribution in [0.15, 0.2) is 78.5 Å². The van der Waals surface area contributed by atoms with Crippen molar-refractivity contribution in [3.05, 3.63) is 107 Å². The molecule has 31 heavy (non-hydrogen) atoms. The maximum atomic E-state index is 14.6. The summed E-state index contributed by atoms with van der Waals surface area (Å²) in [6.07, 6.45) is 0.780. The summed E-state index contributed by atoms with van der Waals surface area (Å²) in [5.41, 5.74) is 4.75. The molecule has 0 bridgehead atoms. The highest BCUT2D eigenvalue weighted by molar-refractivity contribution is 6.45. The van der Waals surface area contributed by atoms with E-state index in [4.69, 9.17) is 0 Å². The molecule has 2 amide bonds. The summed E-state index contributed by atoms with van der Waals surface area (Å²) in [5.74, 6) is -1.57. The van der Waals surface area contributed by atoms with Gasteiger partial charge >= 0.3 is 0 Å². The van der Waals surface area contributed by atoms with Gasteiger partial charge in [0.15, 0.2) is 0 Å². The van der Waals surface area contributed by atoms with Gasteiger partial charge in [-0.05, 0) is 42.2 Å². The van der Waals surface area contributed by atoms with Gasteiger partial charge in [0.25, 0.3) is 11.8 Å². The van der Waals surface area contributed by atoms with Crippen LogP contribution >= 0.6 is 0 Å². The van der Waals surface area contributed by atoms with Gasteiger partial charge in [0, 0.05) is 13.1 Å². The topological polar surface area (TPSA) is 40.6 Å². The zero-order valence-electron chi connectivity index (χ0n) is 17.1. The number of aryl methyl sites for hydroxylation is 1. The van der Waals surface area contributed by atoms with Crippen LogP contribution in [0.25, 0.3) is 5.57 Å². The Labute approximate surface area is 180 Å². The Morgan fingerprint density at radius 2 is 1.48 bits per heavy atom. The summed E-state index contributed by atoms with van der Waals surface area (Å²) in [5, 5.41) is 0. The van der Waals surface area contributed by atoms with E-state index in [1.165, 1.54) is 17.7 Å². The second-order valence-corrected chi connectivity index (χ2v) is 7.93. The molecule has 0 aliphatic carbocycles. The van der Waals surface area contributed by atoms with Crippen molar-refractivity contribution in [2.75, 3.05) is 11.4 Å². The number of hydrogen-bond acceptors (Lipinski definition) is 3. The number of carbonyl (C=O) groups excluding carboxylic acids is 2. The van der Waals surface area contributed by atoms with E-state index in [9.17, 15) is 14.0 Å². The first kappa shape index (κ1) is 19.2. The number of imide groups is 1. The fraction of sp³-hybridized carbons (Fsp3) is 0.154. The summed E-state index contributed by atoms with van der Waals surface area (Å²) < 4.78 is 14.6. The first-order valence-electron chi connectivity index (χ1n) is 10.3. The van der Waals surface area contributed by atoms with Gasteiger partial charge in [-0.3, -0.25) is 9.59 Å². The standard InChI is InChI=1S/C26H21FN2O2/c1-17-10-12-19(13-11-17)23-24(28-15-14-18-6-2-3-7-20(18)16-28)26(31)29(25(23)30)22-9-5-4-8-21(22)27/h2-13H,14-16H2,1H3. The largest absolute Gasteiger partial charge is 0.362 e. The number of amides is 2. The molecule has 0 atom stereocenters. The zero-order valence-corrected chi connectivity index (χ0v) is 17.1. The van der Waals surface area contributed by atoms with Crippen molar-refractivity contribution in [3.8, 4) is 0 Å². The lowest BCUT2D eigenvalue weighted by Gasteiger charge is -2.31. The Hall–Kier alpha value is -3.73. The SMILES string of the molecule is Cc1ccc(C2=C(N3CCc4ccccc4C3)C(=O)N(c3ccccc3F)C2=O)cc1. The number of hydrogen-bond donors (Lipinski definition) is 0. The van der Waals surface area contributed by atoms with Crippen LogP contribution in [0.4, 0.5) is 10.1 Å². The molecule has 0 unspecified atom stereocenters. The molecule has 3 aromatic carbocycles. The Morgan fingerprint density at radius 1 is 0.806 bits per heavy atom. The molecule has 2 aliphatic rings. The maximum absolute atomic E-state index is 14.6. The third kappa shape index (κ3) is 3.22. The minimum atomic E-state index is -0.599. The van der Waals surface area contributed by atoms with Crippen molar-refractivity contribution in [2.45, 2.75) is 19.9 Å². The number of para-hydroxylation sites is 1. The molecule has 0 radical (unpaired) electrons. The second-order valence-electron chi connectivity index (χ2n) is 7.93. The minimum absolute atomic E-state index is 0.0190. The lowest BCUT2D eigenvalue weighted by Crippen LogP contribution is -2.37. The number of fused-ring (bicyclic) bond motifs is 1. The highest BCUT2D eigenvalue weighted by Crippen LogP contribution is 2.37. The molecule has 0 spiro atoms. The molecule has 0 fully saturated rings. The fourth-order valence-electron chi connectivity index (χ4n) is 4.33. The Kier molecular flexibility index (Phi) is 4.66. The smallest absolute Gasteiger partial charge is 0.282 e. The van der Waals surface area contributed by atoms with Crippen molar-refractivity contribution in [2.24, 2.45) is 0 Å². The molecule has 5 heteroatoms. The molecule has 5 rings (SSSR count). The van der Waals surface area contributed by atoms with Gasteiger partial charge in [0.1, 0.15) is 11.5 Å². The van der Waals surface area contributed by atoms with E-state index in [0.29, 0.717) is 29.9 Å². The quantitative estimate of drug-likeness (QED) is 0.596. The third-order valence-electron chi connectivity index (χ3n) is 5.94. The Morgan fingerprint density at radius 3 is 2.23 bits per heavy atom. The minimum Gasteiger partial charge on any atom is -0.362 e. The molecular formula is C26H21FN2O2. The van der Waals surface area contributed by atoms with Crippen molar-refractivity contribution >= 4 is 23.1 Å². The molecule has 0 saturated carbocycles. The van der Waals surface area contributed by atoms with Crippen LogP contribution in [0.1, 0.15) is 22.3 Å². The second kappa shape index (κ2) is 7.51. The number of halogens is 1. The van der Waals surface area contributed by atoms with E-state index in [0.717, 1.165) is 22.4 Å². The monoisotopic (exact) mass is 412 g/mol. The summed E-state index contributed by atoms with van der Waals surface area (Å²) in [4.78, 5) is 30.0. The van der Waals surface area contributed by atoms with Gasteiger partial charge in [-0.15, -0.1) is 0 Å². The Balaban J connectivity index is 1.64. The molecule has 0 aromatic heterocycles. The average molecular weight is 412 g/mol. The Bertz CT molecular complexity index is 1230. The van der Waals surface area contributed by atoms with Crippen molar-refractivity contribution < 1.29 is 14.0 Å². The van der Waals surface area contributed by atoms with Crippen LogP contribution in [0, 0.1) is 12.7 Å². The van der Waals surface area contributed by atoms with Gasteiger partial charge in [-0.2, -0.15) is 0 Å². The maximum Gasteiger partial charge on any atom is 0.282 e. The van der Waals surface area contributed by atoms with Crippen LogP contribution in [0.5, 0.6) is 0 Å². The highest BCUT2D eigenvalue weighted by atomic mass is 19.1. The number of rotatable bonds is 3. The van der Waals surface area contributed by atoms with Crippen molar-refractivity contribution in [1.29, 1.82) is 0 Å². The number of nitrogens with zero attached hydrogens (tertiary/aromatic N) is 2. The summed E-state index contributed by atoms with van der Waals surface area (Å²) in [7, 11) is 0. The van der Waals surface area contributed by atoms with Crippen LogP contribution in [0.3, 0.4) is 0 Å². The molecule has 2 heterocycles. The predicted octanol–water partition coefficient (Wildman–Crippen LogP) is 4.48. The fourth-order valence-corrected chi connectivity index (χ4v) is 4.33. The lowest BCUT2D eigenvalue weighted by molar-refractivity contribution is -0.120. The molecule has 4 nitrogen and oxygen atoms in total. The van der Waals surface area contributed by atoms with E-state index >= 15 is 0 Å². The molecule has 154 valence electrons. The number of carbonyl (C=O) groups is 2. The van der Waals surface area contributed by atoms with Gasteiger partial charge < -0.3 is 4.90 Å². The van der Waals surface area contributed by atoms with Crippen LogP contribution in [0.2, 0.25) is 0 Å². The van der Waals surface area contributed by atoms with Gasteiger partial charge in [0.05, 0.1) is 11.3 Å². The van der Waals surface area contributed by atoms with Crippen molar-refractivity contribution in [1.82, 2.24) is 4.90 Å². The van der Waals surface area contributed by atoms with E-state index in [1.54, 1.807) is 12.1 Å². The first-order chi connectivity index (χ1) is 15.0. The predicted molar refractivity (Wildman–Crippen MR) is 118 cm³/mol. The van der Waals surface area contributed by atoms with E-state index < -0.39 is 17.6 Å². The molecule has 2 aliphatic heterocycles. The van der Waals surface area contributed by atoms with Crippen LogP contribution in [-0.2, 0) is 22.6 Å². The van der Waals surface area contributed by atoms with Gasteiger partial charge in [0.2, 0.25) is 0 Å². The van der Waals surface area contributed by atoms with E-state index in [2.05, 4.69) is 6.07 Å². The number of anilines is 1. The molecular weight excluding hydrogens is 391 g/mol. The summed E-state index contributed by atoms with van der Waals surface area (Å²) in [6, 6.07) is 21.5. The molecule has 0 saturated heterocycles. The highest BCUT2D eigenvalue weighted by Gasteiger charge is 2.43. The zero-order chi connectivity index (χ0) is 21.5. The molecule has 0 N–H and O–H groups in total. The van der Waals surface area contributed by atoms with Crippen LogP contribution < -0.4 is 4.90 Å². The molecule has 3 aromatic rings. The number of benzene rings is 3. The normalized spacial score (nSPS) is 16.2. The van der Waals surface area contributed by atoms with Crippen LogP contribution in [-0.4, -0.2) is 23.3 Å². The average Bonchev–Trinajstić information content (AvgIpc) is 3.04. The van der Waals surface area contributed by atoms with Crippen molar-refractivity contribution in [3.63, 3.8) is 0 Å². The van der Waals surface area contributed by atoms with E-state index in [-0.39, 0.29) is 5.69 Å². The first-order valence-corrected chi connectivity index (χ1v) is 10.3.